The molecule has 0 aliphatic rings. The van der Waals surface area contributed by atoms with Crippen LogP contribution >= 0.6 is 0 Å². The van der Waals surface area contributed by atoms with E-state index < -0.39 is 0 Å². The van der Waals surface area contributed by atoms with Gasteiger partial charge in [0.2, 0.25) is 0 Å². The molecule has 18 heavy (non-hydrogen) atoms. The minimum absolute atomic E-state index is 0.450. The third-order valence-corrected chi connectivity index (χ3v) is 2.42. The Hall–Kier alpha value is -2.67. The largest absolute Gasteiger partial charge is 0.365 e. The number of anilines is 1. The molecule has 1 N–H and O–H groups in total. The molecule has 0 spiro atoms. The van der Waals surface area contributed by atoms with Gasteiger partial charge in [0.05, 0.1) is 5.69 Å². The number of nitriles is 1. The summed E-state index contributed by atoms with van der Waals surface area (Å²) in [4.78, 5) is 8.27. The SMILES string of the molecule is C=CCNc1ncnc(-c2ccccc2)c1C#N. The average Bonchev–Trinajstić information content (AvgIpc) is 2.45. The minimum atomic E-state index is 0.450. The summed E-state index contributed by atoms with van der Waals surface area (Å²) in [6.07, 6.45) is 3.17. The molecular formula is C14H12N4. The van der Waals surface area contributed by atoms with Gasteiger partial charge in [-0.3, -0.25) is 0 Å². The van der Waals surface area contributed by atoms with Crippen molar-refractivity contribution in [2.24, 2.45) is 0 Å². The average molecular weight is 236 g/mol. The fourth-order valence-corrected chi connectivity index (χ4v) is 1.61. The fourth-order valence-electron chi connectivity index (χ4n) is 1.61. The van der Waals surface area contributed by atoms with E-state index in [0.717, 1.165) is 5.56 Å². The number of aromatic nitrogens is 2. The lowest BCUT2D eigenvalue weighted by molar-refractivity contribution is 1.13. The van der Waals surface area contributed by atoms with E-state index in [1.54, 1.807) is 6.08 Å². The van der Waals surface area contributed by atoms with Crippen LogP contribution in [0.4, 0.5) is 5.82 Å². The molecule has 0 radical (unpaired) electrons. The van der Waals surface area contributed by atoms with Crippen molar-refractivity contribution in [3.63, 3.8) is 0 Å². The van der Waals surface area contributed by atoms with E-state index in [1.165, 1.54) is 6.33 Å². The topological polar surface area (TPSA) is 61.6 Å². The van der Waals surface area contributed by atoms with Crippen molar-refractivity contribution in [3.05, 3.63) is 54.9 Å². The summed E-state index contributed by atoms with van der Waals surface area (Å²) in [5.41, 5.74) is 1.99. The van der Waals surface area contributed by atoms with Crippen molar-refractivity contribution in [1.29, 1.82) is 5.26 Å². The van der Waals surface area contributed by atoms with E-state index in [-0.39, 0.29) is 0 Å². The molecule has 2 aromatic rings. The smallest absolute Gasteiger partial charge is 0.148 e. The molecule has 0 aliphatic heterocycles. The first-order valence-electron chi connectivity index (χ1n) is 5.52. The van der Waals surface area contributed by atoms with Crippen molar-refractivity contribution in [2.45, 2.75) is 0 Å². The quantitative estimate of drug-likeness (QED) is 0.829. The van der Waals surface area contributed by atoms with Crippen molar-refractivity contribution >= 4 is 5.82 Å². The van der Waals surface area contributed by atoms with Crippen LogP contribution in [0.2, 0.25) is 0 Å². The van der Waals surface area contributed by atoms with E-state index in [1.807, 2.05) is 30.3 Å². The maximum absolute atomic E-state index is 9.26. The third kappa shape index (κ3) is 2.36. The van der Waals surface area contributed by atoms with Crippen LogP contribution < -0.4 is 5.32 Å². The Morgan fingerprint density at radius 3 is 2.72 bits per heavy atom. The zero-order valence-corrected chi connectivity index (χ0v) is 9.80. The first-order valence-corrected chi connectivity index (χ1v) is 5.52. The Balaban J connectivity index is 2.49. The summed E-state index contributed by atoms with van der Waals surface area (Å²) < 4.78 is 0. The molecule has 88 valence electrons. The molecule has 0 fully saturated rings. The lowest BCUT2D eigenvalue weighted by Gasteiger charge is -2.08. The van der Waals surface area contributed by atoms with Crippen LogP contribution in [0.5, 0.6) is 0 Å². The van der Waals surface area contributed by atoms with Crippen molar-refractivity contribution < 1.29 is 0 Å². The second-order valence-electron chi connectivity index (χ2n) is 3.59. The van der Waals surface area contributed by atoms with Gasteiger partial charge < -0.3 is 5.32 Å². The molecular weight excluding hydrogens is 224 g/mol. The van der Waals surface area contributed by atoms with Gasteiger partial charge in [-0.1, -0.05) is 36.4 Å². The maximum Gasteiger partial charge on any atom is 0.148 e. The maximum atomic E-state index is 9.26. The highest BCUT2D eigenvalue weighted by molar-refractivity contribution is 5.72. The number of benzene rings is 1. The van der Waals surface area contributed by atoms with Crippen LogP contribution in [0.1, 0.15) is 5.56 Å². The van der Waals surface area contributed by atoms with Crippen LogP contribution in [0.25, 0.3) is 11.3 Å². The summed E-state index contributed by atoms with van der Waals surface area (Å²) in [5, 5.41) is 12.3. The van der Waals surface area contributed by atoms with Gasteiger partial charge in [0.1, 0.15) is 23.8 Å². The molecule has 0 bridgehead atoms. The van der Waals surface area contributed by atoms with Crippen molar-refractivity contribution in [1.82, 2.24) is 9.97 Å². The molecule has 0 atom stereocenters. The molecule has 4 nitrogen and oxygen atoms in total. The van der Waals surface area contributed by atoms with E-state index in [0.29, 0.717) is 23.6 Å². The Kier molecular flexibility index (Phi) is 3.67. The second kappa shape index (κ2) is 5.60. The van der Waals surface area contributed by atoms with Crippen molar-refractivity contribution in [3.8, 4) is 17.3 Å². The Labute approximate surface area is 106 Å². The van der Waals surface area contributed by atoms with Gasteiger partial charge in [0.25, 0.3) is 0 Å². The van der Waals surface area contributed by atoms with Gasteiger partial charge in [-0.2, -0.15) is 5.26 Å². The molecule has 1 aromatic heterocycles. The van der Waals surface area contributed by atoms with Crippen LogP contribution in [-0.2, 0) is 0 Å². The van der Waals surface area contributed by atoms with Gasteiger partial charge in [-0.25, -0.2) is 9.97 Å². The highest BCUT2D eigenvalue weighted by Gasteiger charge is 2.11. The predicted molar refractivity (Wildman–Crippen MR) is 70.9 cm³/mol. The molecule has 0 saturated heterocycles. The second-order valence-corrected chi connectivity index (χ2v) is 3.59. The van der Waals surface area contributed by atoms with Gasteiger partial charge >= 0.3 is 0 Å². The number of nitrogens with one attached hydrogen (secondary N) is 1. The normalized spacial score (nSPS) is 9.50. The Morgan fingerprint density at radius 2 is 2.06 bits per heavy atom. The van der Waals surface area contributed by atoms with Gasteiger partial charge in [0, 0.05) is 12.1 Å². The summed E-state index contributed by atoms with van der Waals surface area (Å²) in [6, 6.07) is 11.7. The molecule has 0 unspecified atom stereocenters. The van der Waals surface area contributed by atoms with Crippen LogP contribution in [0.3, 0.4) is 0 Å². The summed E-state index contributed by atoms with van der Waals surface area (Å²) in [6.45, 7) is 4.18. The minimum Gasteiger partial charge on any atom is -0.365 e. The Bertz CT molecular complexity index is 584. The predicted octanol–water partition coefficient (Wildman–Crippen LogP) is 2.61. The van der Waals surface area contributed by atoms with E-state index >= 15 is 0 Å². The molecule has 4 heteroatoms. The number of hydrogen-bond acceptors (Lipinski definition) is 4. The molecule has 0 aliphatic carbocycles. The van der Waals surface area contributed by atoms with Crippen LogP contribution in [-0.4, -0.2) is 16.5 Å². The fraction of sp³-hybridized carbons (Fsp3) is 0.0714. The van der Waals surface area contributed by atoms with E-state index in [9.17, 15) is 5.26 Å². The zero-order chi connectivity index (χ0) is 12.8. The summed E-state index contributed by atoms with van der Waals surface area (Å²) >= 11 is 0. The lowest BCUT2D eigenvalue weighted by atomic mass is 10.1. The zero-order valence-electron chi connectivity index (χ0n) is 9.80. The van der Waals surface area contributed by atoms with Crippen LogP contribution in [0, 0.1) is 11.3 Å². The first-order chi connectivity index (χ1) is 8.86. The molecule has 1 heterocycles. The molecule has 1 aromatic carbocycles. The number of rotatable bonds is 4. The molecule has 2 rings (SSSR count). The number of nitrogens with zero attached hydrogens (tertiary/aromatic N) is 3. The van der Waals surface area contributed by atoms with Crippen molar-refractivity contribution in [2.75, 3.05) is 11.9 Å². The Morgan fingerprint density at radius 1 is 1.28 bits per heavy atom. The van der Waals surface area contributed by atoms with E-state index in [2.05, 4.69) is 27.9 Å². The summed E-state index contributed by atoms with van der Waals surface area (Å²) in [5.74, 6) is 0.534. The van der Waals surface area contributed by atoms with Gasteiger partial charge in [-0.05, 0) is 0 Å². The highest BCUT2D eigenvalue weighted by atomic mass is 15.0. The number of hydrogen-bond donors (Lipinski definition) is 1. The third-order valence-electron chi connectivity index (χ3n) is 2.42. The monoisotopic (exact) mass is 236 g/mol. The molecule has 0 saturated carbocycles. The highest BCUT2D eigenvalue weighted by Crippen LogP contribution is 2.24. The lowest BCUT2D eigenvalue weighted by Crippen LogP contribution is -2.04. The standard InChI is InChI=1S/C14H12N4/c1-2-8-16-14-12(9-15)13(17-10-18-14)11-6-4-3-5-7-11/h2-7,10H,1,8H2,(H,16,17,18). The van der Waals surface area contributed by atoms with Gasteiger partial charge in [-0.15, -0.1) is 6.58 Å². The van der Waals surface area contributed by atoms with Crippen LogP contribution in [0.15, 0.2) is 49.3 Å². The summed E-state index contributed by atoms with van der Waals surface area (Å²) in [7, 11) is 0. The first kappa shape index (κ1) is 11.8. The van der Waals surface area contributed by atoms with Gasteiger partial charge in [0.15, 0.2) is 0 Å². The molecule has 0 amide bonds. The van der Waals surface area contributed by atoms with E-state index in [4.69, 9.17) is 0 Å².